The van der Waals surface area contributed by atoms with Crippen LogP contribution in [0.1, 0.15) is 50.2 Å². The second-order valence-electron chi connectivity index (χ2n) is 8.20. The van der Waals surface area contributed by atoms with Crippen molar-refractivity contribution < 1.29 is 14.3 Å². The molecule has 0 saturated heterocycles. The van der Waals surface area contributed by atoms with Crippen LogP contribution in [0.5, 0.6) is 5.75 Å². The Morgan fingerprint density at radius 3 is 2.45 bits per heavy atom. The normalized spacial score (nSPS) is 15.2. The standard InChI is InChI=1S/C25H31BrN2O3/c1-18(25(30)27-22-9-4-3-5-10-22)28(17-20-7-6-8-21(26)15-20)24(29)16-19-11-13-23(31-2)14-12-19/h6-8,11-15,18,22H,3-5,9-10,16-17H2,1-2H3,(H,27,30)/t18-/m1/s1. The third-order valence-corrected chi connectivity index (χ3v) is 6.37. The average molecular weight is 487 g/mol. The highest BCUT2D eigenvalue weighted by molar-refractivity contribution is 9.10. The molecular weight excluding hydrogens is 456 g/mol. The average Bonchev–Trinajstić information content (AvgIpc) is 2.78. The maximum Gasteiger partial charge on any atom is 0.242 e. The Hall–Kier alpha value is -2.34. The molecule has 1 aliphatic rings. The number of nitrogens with one attached hydrogen (secondary N) is 1. The van der Waals surface area contributed by atoms with Crippen molar-refractivity contribution in [2.45, 2.75) is 64.1 Å². The first-order valence-electron chi connectivity index (χ1n) is 10.9. The predicted molar refractivity (Wildman–Crippen MR) is 126 cm³/mol. The lowest BCUT2D eigenvalue weighted by Gasteiger charge is -2.31. The van der Waals surface area contributed by atoms with Gasteiger partial charge < -0.3 is 15.0 Å². The molecule has 2 amide bonds. The summed E-state index contributed by atoms with van der Waals surface area (Å²) < 4.78 is 6.15. The molecule has 6 heteroatoms. The Balaban J connectivity index is 1.75. The highest BCUT2D eigenvalue weighted by Gasteiger charge is 2.28. The Morgan fingerprint density at radius 1 is 1.10 bits per heavy atom. The predicted octanol–water partition coefficient (Wildman–Crippen LogP) is 4.87. The van der Waals surface area contributed by atoms with Crippen LogP contribution in [0.25, 0.3) is 0 Å². The molecule has 5 nitrogen and oxygen atoms in total. The number of benzene rings is 2. The number of nitrogens with zero attached hydrogens (tertiary/aromatic N) is 1. The third kappa shape index (κ3) is 6.82. The zero-order chi connectivity index (χ0) is 22.2. The minimum Gasteiger partial charge on any atom is -0.497 e. The summed E-state index contributed by atoms with van der Waals surface area (Å²) in [5.41, 5.74) is 1.87. The van der Waals surface area contributed by atoms with Gasteiger partial charge in [-0.1, -0.05) is 59.5 Å². The van der Waals surface area contributed by atoms with Crippen molar-refractivity contribution in [1.82, 2.24) is 10.2 Å². The lowest BCUT2D eigenvalue weighted by molar-refractivity contribution is -0.140. The van der Waals surface area contributed by atoms with Gasteiger partial charge in [0.1, 0.15) is 11.8 Å². The minimum atomic E-state index is -0.549. The maximum absolute atomic E-state index is 13.3. The monoisotopic (exact) mass is 486 g/mol. The Kier molecular flexibility index (Phi) is 8.52. The van der Waals surface area contributed by atoms with Crippen molar-refractivity contribution >= 4 is 27.7 Å². The number of carbonyl (C=O) groups is 2. The van der Waals surface area contributed by atoms with Crippen molar-refractivity contribution in [1.29, 1.82) is 0 Å². The van der Waals surface area contributed by atoms with Crippen LogP contribution in [-0.2, 0) is 22.6 Å². The largest absolute Gasteiger partial charge is 0.497 e. The fourth-order valence-corrected chi connectivity index (χ4v) is 4.45. The molecule has 2 aromatic carbocycles. The van der Waals surface area contributed by atoms with Crippen molar-refractivity contribution in [3.8, 4) is 5.75 Å². The molecule has 0 aromatic heterocycles. The Bertz CT molecular complexity index is 879. The van der Waals surface area contributed by atoms with E-state index in [1.165, 1.54) is 6.42 Å². The molecule has 0 unspecified atom stereocenters. The van der Waals surface area contributed by atoms with E-state index in [1.807, 2.05) is 55.5 Å². The number of amides is 2. The van der Waals surface area contributed by atoms with Crippen molar-refractivity contribution in [3.05, 3.63) is 64.1 Å². The van der Waals surface area contributed by atoms with E-state index >= 15 is 0 Å². The molecule has 0 aliphatic heterocycles. The van der Waals surface area contributed by atoms with Crippen LogP contribution in [0.3, 0.4) is 0 Å². The van der Waals surface area contributed by atoms with Gasteiger partial charge in [-0.2, -0.15) is 0 Å². The van der Waals surface area contributed by atoms with Gasteiger partial charge in [0, 0.05) is 17.1 Å². The van der Waals surface area contributed by atoms with Gasteiger partial charge in [0.25, 0.3) is 0 Å². The molecule has 0 heterocycles. The number of methoxy groups -OCH3 is 1. The number of halogens is 1. The second kappa shape index (κ2) is 11.3. The van der Waals surface area contributed by atoms with E-state index in [0.29, 0.717) is 6.54 Å². The first kappa shape index (κ1) is 23.3. The van der Waals surface area contributed by atoms with Gasteiger partial charge >= 0.3 is 0 Å². The third-order valence-electron chi connectivity index (χ3n) is 5.88. The highest BCUT2D eigenvalue weighted by atomic mass is 79.9. The highest BCUT2D eigenvalue weighted by Crippen LogP contribution is 2.20. The van der Waals surface area contributed by atoms with E-state index in [0.717, 1.165) is 47.0 Å². The number of carbonyl (C=O) groups excluding carboxylic acids is 2. The molecule has 31 heavy (non-hydrogen) atoms. The fourth-order valence-electron chi connectivity index (χ4n) is 4.00. The maximum atomic E-state index is 13.3. The molecule has 0 spiro atoms. The topological polar surface area (TPSA) is 58.6 Å². The van der Waals surface area contributed by atoms with Gasteiger partial charge in [0.15, 0.2) is 0 Å². The van der Waals surface area contributed by atoms with Crippen molar-refractivity contribution in [2.24, 2.45) is 0 Å². The molecule has 1 atom stereocenters. The number of ether oxygens (including phenoxy) is 1. The van der Waals surface area contributed by atoms with E-state index in [4.69, 9.17) is 4.74 Å². The van der Waals surface area contributed by atoms with Crippen LogP contribution < -0.4 is 10.1 Å². The number of rotatable bonds is 8. The van der Waals surface area contributed by atoms with Gasteiger partial charge in [-0.05, 0) is 55.2 Å². The summed E-state index contributed by atoms with van der Waals surface area (Å²) in [6, 6.07) is 15.0. The Labute approximate surface area is 193 Å². The van der Waals surface area contributed by atoms with Crippen LogP contribution >= 0.6 is 15.9 Å². The van der Waals surface area contributed by atoms with E-state index in [1.54, 1.807) is 12.0 Å². The van der Waals surface area contributed by atoms with E-state index in [2.05, 4.69) is 21.2 Å². The van der Waals surface area contributed by atoms with Crippen LogP contribution in [0.15, 0.2) is 53.0 Å². The minimum absolute atomic E-state index is 0.0727. The van der Waals surface area contributed by atoms with E-state index in [-0.39, 0.29) is 24.3 Å². The molecular formula is C25H31BrN2O3. The van der Waals surface area contributed by atoms with Crippen molar-refractivity contribution in [3.63, 3.8) is 0 Å². The molecule has 1 saturated carbocycles. The molecule has 1 N–H and O–H groups in total. The Morgan fingerprint density at radius 2 is 1.81 bits per heavy atom. The second-order valence-corrected chi connectivity index (χ2v) is 9.11. The van der Waals surface area contributed by atoms with Gasteiger partial charge in [-0.3, -0.25) is 9.59 Å². The summed E-state index contributed by atoms with van der Waals surface area (Å²) >= 11 is 3.49. The van der Waals surface area contributed by atoms with Crippen LogP contribution in [0.2, 0.25) is 0 Å². The van der Waals surface area contributed by atoms with E-state index in [9.17, 15) is 9.59 Å². The van der Waals surface area contributed by atoms with Crippen molar-refractivity contribution in [2.75, 3.05) is 7.11 Å². The van der Waals surface area contributed by atoms with Crippen LogP contribution in [0.4, 0.5) is 0 Å². The van der Waals surface area contributed by atoms with Crippen LogP contribution in [0, 0.1) is 0 Å². The molecule has 0 bridgehead atoms. The summed E-state index contributed by atoms with van der Waals surface area (Å²) in [7, 11) is 1.62. The molecule has 2 aromatic rings. The fraction of sp³-hybridized carbons (Fsp3) is 0.440. The number of hydrogen-bond acceptors (Lipinski definition) is 3. The van der Waals surface area contributed by atoms with Gasteiger partial charge in [0.05, 0.1) is 13.5 Å². The zero-order valence-corrected chi connectivity index (χ0v) is 19.9. The first-order chi connectivity index (χ1) is 15.0. The summed E-state index contributed by atoms with van der Waals surface area (Å²) in [6.45, 7) is 2.20. The summed E-state index contributed by atoms with van der Waals surface area (Å²) in [4.78, 5) is 28.0. The van der Waals surface area contributed by atoms with E-state index < -0.39 is 6.04 Å². The lowest BCUT2D eigenvalue weighted by Crippen LogP contribution is -2.50. The summed E-state index contributed by atoms with van der Waals surface area (Å²) in [6.07, 6.45) is 5.80. The zero-order valence-electron chi connectivity index (χ0n) is 18.3. The number of hydrogen-bond donors (Lipinski definition) is 1. The molecule has 3 rings (SSSR count). The SMILES string of the molecule is COc1ccc(CC(=O)N(Cc2cccc(Br)c2)[C@H](C)C(=O)NC2CCCCC2)cc1. The first-order valence-corrected chi connectivity index (χ1v) is 11.7. The summed E-state index contributed by atoms with van der Waals surface area (Å²) in [5, 5.41) is 3.17. The lowest BCUT2D eigenvalue weighted by atomic mass is 9.95. The van der Waals surface area contributed by atoms with Crippen LogP contribution in [-0.4, -0.2) is 35.9 Å². The molecule has 1 aliphatic carbocycles. The molecule has 166 valence electrons. The smallest absolute Gasteiger partial charge is 0.242 e. The molecule has 1 fully saturated rings. The summed E-state index contributed by atoms with van der Waals surface area (Å²) in [5.74, 6) is 0.601. The quantitative estimate of drug-likeness (QED) is 0.578. The van der Waals surface area contributed by atoms with Gasteiger partial charge in [-0.25, -0.2) is 0 Å². The van der Waals surface area contributed by atoms with Gasteiger partial charge in [0.2, 0.25) is 11.8 Å². The van der Waals surface area contributed by atoms with Gasteiger partial charge in [-0.15, -0.1) is 0 Å². The molecule has 0 radical (unpaired) electrons.